The number of hydrogen-bond donors (Lipinski definition) is 0. The van der Waals surface area contributed by atoms with Crippen molar-refractivity contribution in [1.29, 1.82) is 0 Å². The Bertz CT molecular complexity index is 6.00. The van der Waals surface area contributed by atoms with Crippen LogP contribution in [0.3, 0.4) is 0 Å². The van der Waals surface area contributed by atoms with Gasteiger partial charge in [-0.3, -0.25) is 0 Å². The first-order chi connectivity index (χ1) is 0. The molecule has 0 nitrogen and oxygen atoms in total. The van der Waals surface area contributed by atoms with E-state index in [-0.39, 0.29) is 112 Å². The zero-order valence-corrected chi connectivity index (χ0v) is 5.48. The SMILES string of the molecule is I.I.[LiH].[SrH2]. The summed E-state index contributed by atoms with van der Waals surface area (Å²) in [6.07, 6.45) is 0. The molecule has 0 N–H and O–H groups in total. The third-order valence-corrected chi connectivity index (χ3v) is 0. The third-order valence-electron chi connectivity index (χ3n) is 0. The fourth-order valence-electron chi connectivity index (χ4n) is 0. The van der Waals surface area contributed by atoms with Crippen molar-refractivity contribution in [3.8, 4) is 0 Å². The number of halogens is 2. The van der Waals surface area contributed by atoms with E-state index < -0.39 is 0 Å². The minimum atomic E-state index is 0. The van der Waals surface area contributed by atoms with Crippen LogP contribution in [0, 0.1) is 0 Å². The second-order valence-corrected chi connectivity index (χ2v) is 0. The molecule has 0 saturated carbocycles. The Morgan fingerprint density at radius 3 is 0.750 bits per heavy atom. The van der Waals surface area contributed by atoms with Crippen molar-refractivity contribution >= 4 is 112 Å². The second kappa shape index (κ2) is 16.0. The maximum absolute atomic E-state index is 0. The van der Waals surface area contributed by atoms with Crippen LogP contribution in [0.1, 0.15) is 0 Å². The van der Waals surface area contributed by atoms with E-state index in [4.69, 9.17) is 0 Å². The van der Waals surface area contributed by atoms with Crippen molar-refractivity contribution in [2.45, 2.75) is 0 Å². The first kappa shape index (κ1) is 25.7. The standard InChI is InChI=1S/2HI.Li.Sr.3H/h2*1H;;;;;. The molecule has 0 saturated heterocycles. The predicted octanol–water partition coefficient (Wildman–Crippen LogP) is -0.329. The molecule has 0 radical (unpaired) electrons. The van der Waals surface area contributed by atoms with Gasteiger partial charge in [-0.2, -0.15) is 0 Å². The topological polar surface area (TPSA) is 0 Å². The van der Waals surface area contributed by atoms with E-state index in [0.717, 1.165) is 0 Å². The van der Waals surface area contributed by atoms with Gasteiger partial charge in [0.25, 0.3) is 0 Å². The van der Waals surface area contributed by atoms with Gasteiger partial charge in [0.15, 0.2) is 0 Å². The second-order valence-electron chi connectivity index (χ2n) is 0. The van der Waals surface area contributed by atoms with Crippen LogP contribution in [-0.4, -0.2) is 64.3 Å². The van der Waals surface area contributed by atoms with E-state index >= 15 is 0 Å². The van der Waals surface area contributed by atoms with Gasteiger partial charge in [0.05, 0.1) is 0 Å². The first-order valence-corrected chi connectivity index (χ1v) is 0. The van der Waals surface area contributed by atoms with Crippen molar-refractivity contribution in [2.24, 2.45) is 0 Å². The van der Waals surface area contributed by atoms with Gasteiger partial charge >= 0.3 is 64.3 Å². The molecular formula is H5I2LiSr. The molecule has 0 aromatic carbocycles. The molecular weight excluding hydrogens is 348 g/mol. The van der Waals surface area contributed by atoms with Gasteiger partial charge in [-0.05, 0) is 0 Å². The van der Waals surface area contributed by atoms with Gasteiger partial charge in [-0.15, -0.1) is 48.0 Å². The Balaban J connectivity index is 0. The molecule has 0 atom stereocenters. The average Bonchev–Trinajstić information content (AvgIpc) is 0. The molecule has 0 aliphatic carbocycles. The van der Waals surface area contributed by atoms with Gasteiger partial charge in [0.2, 0.25) is 0 Å². The molecule has 0 spiro atoms. The fraction of sp³-hybridized carbons (Fsp3) is 0. The van der Waals surface area contributed by atoms with E-state index in [0.29, 0.717) is 0 Å². The summed E-state index contributed by atoms with van der Waals surface area (Å²) in [5.74, 6) is 0. The van der Waals surface area contributed by atoms with E-state index in [9.17, 15) is 0 Å². The molecule has 0 unspecified atom stereocenters. The zero-order valence-electron chi connectivity index (χ0n) is 0.816. The number of rotatable bonds is 0. The Morgan fingerprint density at radius 2 is 0.750 bits per heavy atom. The van der Waals surface area contributed by atoms with Crippen LogP contribution < -0.4 is 0 Å². The molecule has 0 amide bonds. The summed E-state index contributed by atoms with van der Waals surface area (Å²) in [7, 11) is 0. The van der Waals surface area contributed by atoms with Gasteiger partial charge in [-0.25, -0.2) is 0 Å². The van der Waals surface area contributed by atoms with Gasteiger partial charge in [0.1, 0.15) is 0 Å². The van der Waals surface area contributed by atoms with E-state index in [1.165, 1.54) is 0 Å². The molecule has 22 valence electrons. The van der Waals surface area contributed by atoms with E-state index in [2.05, 4.69) is 0 Å². The molecule has 0 rings (SSSR count). The molecule has 4 heavy (non-hydrogen) atoms. The molecule has 0 aromatic rings. The predicted molar refractivity (Wildman–Crippen MR) is 46.5 cm³/mol. The zero-order chi connectivity index (χ0) is 0. The molecule has 4 heteroatoms. The van der Waals surface area contributed by atoms with Crippen LogP contribution in [0.15, 0.2) is 0 Å². The molecule has 0 bridgehead atoms. The summed E-state index contributed by atoms with van der Waals surface area (Å²) in [4.78, 5) is 0. The quantitative estimate of drug-likeness (QED) is 0.413. The monoisotopic (exact) mass is 354 g/mol. The third kappa shape index (κ3) is 9.11. The Labute approximate surface area is 109 Å². The summed E-state index contributed by atoms with van der Waals surface area (Å²) in [6, 6.07) is 0. The van der Waals surface area contributed by atoms with E-state index in [1.54, 1.807) is 0 Å². The molecule has 0 aliphatic heterocycles. The van der Waals surface area contributed by atoms with Crippen molar-refractivity contribution in [3.63, 3.8) is 0 Å². The summed E-state index contributed by atoms with van der Waals surface area (Å²) < 4.78 is 0. The Hall–Kier alpha value is 3.54. The van der Waals surface area contributed by atoms with E-state index in [1.807, 2.05) is 0 Å². The Kier molecular flexibility index (Phi) is 103. The van der Waals surface area contributed by atoms with Crippen LogP contribution in [0.25, 0.3) is 0 Å². The molecule has 0 heterocycles. The van der Waals surface area contributed by atoms with Crippen molar-refractivity contribution < 1.29 is 0 Å². The average molecular weight is 353 g/mol. The normalized spacial score (nSPS) is 0. The molecule has 0 fully saturated rings. The van der Waals surface area contributed by atoms with Crippen LogP contribution in [0.2, 0.25) is 0 Å². The summed E-state index contributed by atoms with van der Waals surface area (Å²) in [5, 5.41) is 0. The maximum atomic E-state index is 0. The summed E-state index contributed by atoms with van der Waals surface area (Å²) in [5.41, 5.74) is 0. The van der Waals surface area contributed by atoms with Gasteiger partial charge in [-0.1, -0.05) is 0 Å². The van der Waals surface area contributed by atoms with Crippen LogP contribution in [-0.2, 0) is 0 Å². The molecule has 0 aliphatic rings. The van der Waals surface area contributed by atoms with Crippen molar-refractivity contribution in [1.82, 2.24) is 0 Å². The minimum absolute atomic E-state index is 0. The Morgan fingerprint density at radius 1 is 0.750 bits per heavy atom. The number of hydrogen-bond acceptors (Lipinski definition) is 0. The van der Waals surface area contributed by atoms with Crippen molar-refractivity contribution in [3.05, 3.63) is 0 Å². The summed E-state index contributed by atoms with van der Waals surface area (Å²) >= 11 is 0. The van der Waals surface area contributed by atoms with Crippen LogP contribution in [0.5, 0.6) is 0 Å². The molecule has 0 aromatic heterocycles. The van der Waals surface area contributed by atoms with Gasteiger partial charge < -0.3 is 0 Å². The first-order valence-electron chi connectivity index (χ1n) is 0. The fourth-order valence-corrected chi connectivity index (χ4v) is 0. The van der Waals surface area contributed by atoms with Crippen LogP contribution in [0.4, 0.5) is 0 Å². The summed E-state index contributed by atoms with van der Waals surface area (Å²) in [6.45, 7) is 0. The van der Waals surface area contributed by atoms with Crippen molar-refractivity contribution in [2.75, 3.05) is 0 Å². The van der Waals surface area contributed by atoms with Crippen LogP contribution >= 0.6 is 48.0 Å². The van der Waals surface area contributed by atoms with Gasteiger partial charge in [0, 0.05) is 0 Å².